The molecule has 0 aliphatic heterocycles. The molecule has 0 bridgehead atoms. The zero-order chi connectivity index (χ0) is 15.8. The van der Waals surface area contributed by atoms with E-state index in [2.05, 4.69) is 14.9 Å². The number of benzene rings is 1. The lowest BCUT2D eigenvalue weighted by Gasteiger charge is -2.19. The van der Waals surface area contributed by atoms with Crippen molar-refractivity contribution in [1.29, 1.82) is 0 Å². The molecule has 1 N–H and O–H groups in total. The van der Waals surface area contributed by atoms with Gasteiger partial charge in [0, 0.05) is 5.56 Å². The lowest BCUT2D eigenvalue weighted by molar-refractivity contribution is 0.296. The summed E-state index contributed by atoms with van der Waals surface area (Å²) in [6.45, 7) is 3.08. The number of hydrogen-bond donors (Lipinski definition) is 1. The number of halogens is 2. The van der Waals surface area contributed by atoms with E-state index in [0.29, 0.717) is 0 Å². The van der Waals surface area contributed by atoms with Gasteiger partial charge in [-0.05, 0) is 32.0 Å². The molecule has 2 aromatic rings. The monoisotopic (exact) mass is 317 g/mol. The van der Waals surface area contributed by atoms with Gasteiger partial charge < -0.3 is 4.52 Å². The summed E-state index contributed by atoms with van der Waals surface area (Å²) < 4.78 is 56.0. The van der Waals surface area contributed by atoms with Gasteiger partial charge in [-0.15, -0.1) is 0 Å². The number of aromatic nitrogens is 2. The molecule has 21 heavy (non-hydrogen) atoms. The minimum Gasteiger partial charge on any atom is -0.337 e. The van der Waals surface area contributed by atoms with Gasteiger partial charge in [0.25, 0.3) is 0 Å². The summed E-state index contributed by atoms with van der Waals surface area (Å²) in [5.74, 6) is -1.98. The molecule has 0 spiro atoms. The molecule has 0 unspecified atom stereocenters. The second-order valence-corrected chi connectivity index (χ2v) is 6.80. The highest BCUT2D eigenvalue weighted by atomic mass is 32.2. The molecular formula is C12H13F2N3O3S. The molecule has 0 atom stereocenters. The fourth-order valence-electron chi connectivity index (χ4n) is 1.74. The van der Waals surface area contributed by atoms with Crippen molar-refractivity contribution in [3.8, 4) is 11.4 Å². The van der Waals surface area contributed by atoms with Crippen molar-refractivity contribution in [3.05, 3.63) is 35.7 Å². The molecular weight excluding hydrogens is 304 g/mol. The van der Waals surface area contributed by atoms with Crippen molar-refractivity contribution in [3.63, 3.8) is 0 Å². The summed E-state index contributed by atoms with van der Waals surface area (Å²) >= 11 is 0. The molecule has 0 aliphatic rings. The van der Waals surface area contributed by atoms with Crippen LogP contribution in [-0.2, 0) is 15.6 Å². The summed E-state index contributed by atoms with van der Waals surface area (Å²) in [6.07, 6.45) is 1.00. The topological polar surface area (TPSA) is 85.1 Å². The summed E-state index contributed by atoms with van der Waals surface area (Å²) in [4.78, 5) is 4.01. The third-order valence-electron chi connectivity index (χ3n) is 2.58. The summed E-state index contributed by atoms with van der Waals surface area (Å²) in [6, 6.07) is 3.17. The van der Waals surface area contributed by atoms with Gasteiger partial charge in [-0.25, -0.2) is 21.9 Å². The van der Waals surface area contributed by atoms with Gasteiger partial charge in [0.2, 0.25) is 21.7 Å². The minimum absolute atomic E-state index is 0.00709. The van der Waals surface area contributed by atoms with Crippen LogP contribution in [-0.4, -0.2) is 24.8 Å². The quantitative estimate of drug-likeness (QED) is 0.929. The van der Waals surface area contributed by atoms with E-state index in [1.165, 1.54) is 19.9 Å². The van der Waals surface area contributed by atoms with Crippen LogP contribution in [0.5, 0.6) is 0 Å². The highest BCUT2D eigenvalue weighted by Crippen LogP contribution is 2.24. The van der Waals surface area contributed by atoms with Crippen LogP contribution in [0.2, 0.25) is 0 Å². The molecule has 1 heterocycles. The Labute approximate surface area is 120 Å². The third kappa shape index (κ3) is 3.61. The maximum absolute atomic E-state index is 13.2. The first-order chi connectivity index (χ1) is 9.58. The molecule has 6 nitrogen and oxygen atoms in total. The Morgan fingerprint density at radius 2 is 1.90 bits per heavy atom. The van der Waals surface area contributed by atoms with E-state index < -0.39 is 27.2 Å². The fourth-order valence-corrected chi connectivity index (χ4v) is 2.75. The molecule has 9 heteroatoms. The lowest BCUT2D eigenvalue weighted by Crippen LogP contribution is -2.40. The van der Waals surface area contributed by atoms with Crippen molar-refractivity contribution in [1.82, 2.24) is 14.9 Å². The highest BCUT2D eigenvalue weighted by molar-refractivity contribution is 7.88. The second kappa shape index (κ2) is 5.15. The number of nitrogens with one attached hydrogen (secondary N) is 1. The standard InChI is InChI=1S/C12H13F2N3O3S/c1-12(2,17-21(3,18)19)11-15-10(16-20-11)7-4-5-8(13)9(14)6-7/h4-6,17H,1-3H3. The Kier molecular flexibility index (Phi) is 3.81. The van der Waals surface area contributed by atoms with Gasteiger partial charge in [0.15, 0.2) is 11.6 Å². The van der Waals surface area contributed by atoms with E-state index in [1.54, 1.807) is 0 Å². The summed E-state index contributed by atoms with van der Waals surface area (Å²) in [5.41, 5.74) is -0.906. The molecule has 0 radical (unpaired) electrons. The van der Waals surface area contributed by atoms with Gasteiger partial charge in [0.05, 0.1) is 6.26 Å². The molecule has 0 aliphatic carbocycles. The van der Waals surface area contributed by atoms with Crippen molar-refractivity contribution < 1.29 is 21.7 Å². The normalized spacial score (nSPS) is 12.6. The van der Waals surface area contributed by atoms with Gasteiger partial charge in [-0.3, -0.25) is 0 Å². The smallest absolute Gasteiger partial charge is 0.247 e. The van der Waals surface area contributed by atoms with E-state index in [4.69, 9.17) is 4.52 Å². The highest BCUT2D eigenvalue weighted by Gasteiger charge is 2.31. The number of hydrogen-bond acceptors (Lipinski definition) is 5. The van der Waals surface area contributed by atoms with Crippen LogP contribution in [0.25, 0.3) is 11.4 Å². The van der Waals surface area contributed by atoms with Crippen LogP contribution in [0.15, 0.2) is 22.7 Å². The first-order valence-corrected chi connectivity index (χ1v) is 7.76. The minimum atomic E-state index is -3.49. The van der Waals surface area contributed by atoms with Crippen LogP contribution in [0.3, 0.4) is 0 Å². The Hall–Kier alpha value is -1.87. The first-order valence-electron chi connectivity index (χ1n) is 5.87. The Bertz CT molecular complexity index is 772. The second-order valence-electron chi connectivity index (χ2n) is 5.05. The van der Waals surface area contributed by atoms with Gasteiger partial charge >= 0.3 is 0 Å². The van der Waals surface area contributed by atoms with E-state index in [0.717, 1.165) is 18.4 Å². The van der Waals surface area contributed by atoms with E-state index in [1.807, 2.05) is 0 Å². The maximum atomic E-state index is 13.2. The van der Waals surface area contributed by atoms with Gasteiger partial charge in [-0.1, -0.05) is 5.16 Å². The van der Waals surface area contributed by atoms with E-state index in [9.17, 15) is 17.2 Å². The molecule has 0 saturated carbocycles. The van der Waals surface area contributed by atoms with Crippen LogP contribution in [0.1, 0.15) is 19.7 Å². The number of nitrogens with zero attached hydrogens (tertiary/aromatic N) is 2. The SMILES string of the molecule is CC(C)(NS(C)(=O)=O)c1nc(-c2ccc(F)c(F)c2)no1. The molecule has 114 valence electrons. The van der Waals surface area contributed by atoms with Crippen molar-refractivity contribution in [2.45, 2.75) is 19.4 Å². The molecule has 1 aromatic carbocycles. The Morgan fingerprint density at radius 1 is 1.24 bits per heavy atom. The largest absolute Gasteiger partial charge is 0.337 e. The van der Waals surface area contributed by atoms with Gasteiger partial charge in [0.1, 0.15) is 5.54 Å². The Morgan fingerprint density at radius 3 is 2.48 bits per heavy atom. The summed E-state index contributed by atoms with van der Waals surface area (Å²) in [7, 11) is -3.49. The predicted molar refractivity (Wildman–Crippen MR) is 70.7 cm³/mol. The first kappa shape index (κ1) is 15.5. The predicted octanol–water partition coefficient (Wildman–Crippen LogP) is 1.80. The fraction of sp³-hybridized carbons (Fsp3) is 0.333. The van der Waals surface area contributed by atoms with Crippen LogP contribution >= 0.6 is 0 Å². The van der Waals surface area contributed by atoms with Gasteiger partial charge in [-0.2, -0.15) is 4.98 Å². The van der Waals surface area contributed by atoms with E-state index >= 15 is 0 Å². The molecule has 2 rings (SSSR count). The molecule has 1 aromatic heterocycles. The van der Waals surface area contributed by atoms with Crippen molar-refractivity contribution in [2.24, 2.45) is 0 Å². The average Bonchev–Trinajstić information content (AvgIpc) is 2.79. The van der Waals surface area contributed by atoms with Crippen LogP contribution < -0.4 is 4.72 Å². The molecule has 0 fully saturated rings. The van der Waals surface area contributed by atoms with Crippen LogP contribution in [0.4, 0.5) is 8.78 Å². The zero-order valence-electron chi connectivity index (χ0n) is 11.5. The number of sulfonamides is 1. The summed E-state index contributed by atoms with van der Waals surface area (Å²) in [5, 5.41) is 3.64. The lowest BCUT2D eigenvalue weighted by atomic mass is 10.1. The van der Waals surface area contributed by atoms with Crippen LogP contribution in [0, 0.1) is 11.6 Å². The zero-order valence-corrected chi connectivity index (χ0v) is 12.3. The van der Waals surface area contributed by atoms with E-state index in [-0.39, 0.29) is 17.3 Å². The Balaban J connectivity index is 2.35. The third-order valence-corrected chi connectivity index (χ3v) is 3.46. The average molecular weight is 317 g/mol. The maximum Gasteiger partial charge on any atom is 0.247 e. The number of rotatable bonds is 4. The molecule has 0 amide bonds. The van der Waals surface area contributed by atoms with Crippen molar-refractivity contribution >= 4 is 10.0 Å². The molecule has 0 saturated heterocycles. The van der Waals surface area contributed by atoms with Crippen molar-refractivity contribution in [2.75, 3.05) is 6.26 Å².